The number of urea groups is 1. The Morgan fingerprint density at radius 2 is 2.04 bits per heavy atom. The van der Waals surface area contributed by atoms with E-state index in [1.165, 1.54) is 35.5 Å². The van der Waals surface area contributed by atoms with Gasteiger partial charge in [0.25, 0.3) is 5.91 Å². The molecule has 0 bridgehead atoms. The first-order valence-corrected chi connectivity index (χ1v) is 8.54. The van der Waals surface area contributed by atoms with Crippen molar-refractivity contribution in [2.24, 2.45) is 0 Å². The van der Waals surface area contributed by atoms with Gasteiger partial charge in [0.2, 0.25) is 0 Å². The molecule has 142 valence electrons. The highest BCUT2D eigenvalue weighted by Gasteiger charge is 2.46. The number of benzene rings is 1. The van der Waals surface area contributed by atoms with Crippen LogP contribution in [0.1, 0.15) is 19.0 Å². The highest BCUT2D eigenvalue weighted by atomic mass is 19.1. The molecule has 1 saturated heterocycles. The highest BCUT2D eigenvalue weighted by molar-refractivity contribution is 6.21. The van der Waals surface area contributed by atoms with Crippen molar-refractivity contribution in [1.82, 2.24) is 14.9 Å². The van der Waals surface area contributed by atoms with E-state index in [2.05, 4.69) is 9.97 Å². The zero-order valence-electron chi connectivity index (χ0n) is 14.7. The summed E-state index contributed by atoms with van der Waals surface area (Å²) in [7, 11) is 0. The van der Waals surface area contributed by atoms with Crippen LogP contribution in [-0.2, 0) is 20.7 Å². The second-order valence-corrected chi connectivity index (χ2v) is 5.98. The third-order valence-electron chi connectivity index (χ3n) is 4.25. The quantitative estimate of drug-likeness (QED) is 0.590. The Bertz CT molecular complexity index is 822. The Morgan fingerprint density at radius 3 is 2.67 bits per heavy atom. The molecule has 0 spiro atoms. The van der Waals surface area contributed by atoms with Crippen molar-refractivity contribution in [2.45, 2.75) is 25.8 Å². The van der Waals surface area contributed by atoms with Crippen LogP contribution in [-0.4, -0.2) is 52.0 Å². The first-order chi connectivity index (χ1) is 13.0. The fourth-order valence-corrected chi connectivity index (χ4v) is 2.96. The first-order valence-electron chi connectivity index (χ1n) is 8.54. The van der Waals surface area contributed by atoms with Crippen LogP contribution in [0.4, 0.5) is 14.9 Å². The first kappa shape index (κ1) is 18.6. The second-order valence-electron chi connectivity index (χ2n) is 5.98. The predicted molar refractivity (Wildman–Crippen MR) is 93.3 cm³/mol. The highest BCUT2D eigenvalue weighted by Crippen LogP contribution is 2.27. The number of amides is 3. The van der Waals surface area contributed by atoms with Gasteiger partial charge < -0.3 is 14.6 Å². The molecule has 1 fully saturated rings. The Morgan fingerprint density at radius 1 is 1.30 bits per heavy atom. The minimum atomic E-state index is -0.968. The van der Waals surface area contributed by atoms with Crippen molar-refractivity contribution in [3.05, 3.63) is 48.3 Å². The molecule has 1 N–H and O–H groups in total. The van der Waals surface area contributed by atoms with E-state index in [0.717, 1.165) is 10.6 Å². The molecule has 1 aromatic carbocycles. The lowest BCUT2D eigenvalue weighted by molar-refractivity contribution is -0.145. The number of nitrogens with one attached hydrogen (secondary N) is 1. The number of anilines is 1. The summed E-state index contributed by atoms with van der Waals surface area (Å²) in [5.41, 5.74) is 1.05. The number of nitrogens with zero attached hydrogens (tertiary/aromatic N) is 3. The van der Waals surface area contributed by atoms with Crippen molar-refractivity contribution >= 4 is 23.6 Å². The van der Waals surface area contributed by atoms with Crippen molar-refractivity contribution in [3.8, 4) is 0 Å². The van der Waals surface area contributed by atoms with Gasteiger partial charge in [-0.05, 0) is 31.2 Å². The van der Waals surface area contributed by atoms with E-state index in [4.69, 9.17) is 4.74 Å². The number of hydrogen-bond acceptors (Lipinski definition) is 5. The molecular weight excluding hydrogens is 355 g/mol. The number of hydrogen-bond donors (Lipinski definition) is 1. The summed E-state index contributed by atoms with van der Waals surface area (Å²) in [4.78, 5) is 46.8. The number of H-pyrrole nitrogens is 1. The number of rotatable bonds is 7. The van der Waals surface area contributed by atoms with Gasteiger partial charge in [0.05, 0.1) is 25.0 Å². The molecule has 8 nitrogen and oxygen atoms in total. The maximum Gasteiger partial charge on any atom is 0.332 e. The van der Waals surface area contributed by atoms with Gasteiger partial charge in [-0.3, -0.25) is 9.59 Å². The lowest BCUT2D eigenvalue weighted by Crippen LogP contribution is -2.38. The van der Waals surface area contributed by atoms with E-state index >= 15 is 0 Å². The topological polar surface area (TPSA) is 95.6 Å². The molecule has 1 unspecified atom stereocenters. The van der Waals surface area contributed by atoms with E-state index in [1.54, 1.807) is 13.1 Å². The minimum Gasteiger partial charge on any atom is -0.466 e. The Labute approximate surface area is 154 Å². The number of imidazole rings is 1. The molecular formula is C18H19FN4O4. The summed E-state index contributed by atoms with van der Waals surface area (Å²) < 4.78 is 18.1. The van der Waals surface area contributed by atoms with Crippen LogP contribution in [0.15, 0.2) is 36.8 Å². The molecule has 9 heteroatoms. The molecule has 2 aromatic rings. The van der Waals surface area contributed by atoms with Gasteiger partial charge in [0.15, 0.2) is 0 Å². The number of imide groups is 1. The lowest BCUT2D eigenvalue weighted by Gasteiger charge is -2.20. The SMILES string of the molecule is CCOC(=O)CC1C(=O)N(c2ccc(F)cc2)C(=O)N1CCc1cnc[nH]1. The van der Waals surface area contributed by atoms with Gasteiger partial charge in [-0.2, -0.15) is 0 Å². The van der Waals surface area contributed by atoms with E-state index in [-0.39, 0.29) is 25.3 Å². The Balaban J connectivity index is 1.84. The molecule has 3 rings (SSSR count). The van der Waals surface area contributed by atoms with Crippen molar-refractivity contribution < 1.29 is 23.5 Å². The maximum atomic E-state index is 13.2. The molecule has 3 amide bonds. The van der Waals surface area contributed by atoms with E-state index in [0.29, 0.717) is 6.42 Å². The summed E-state index contributed by atoms with van der Waals surface area (Å²) in [5.74, 6) is -1.57. The number of carbonyl (C=O) groups is 3. The van der Waals surface area contributed by atoms with Crippen molar-refractivity contribution in [3.63, 3.8) is 0 Å². The van der Waals surface area contributed by atoms with Gasteiger partial charge in [-0.1, -0.05) is 0 Å². The molecule has 0 saturated carbocycles. The number of carbonyl (C=O) groups excluding carboxylic acids is 3. The number of halogens is 1. The van der Waals surface area contributed by atoms with Crippen LogP contribution < -0.4 is 4.90 Å². The molecule has 0 aliphatic carbocycles. The summed E-state index contributed by atoms with van der Waals surface area (Å²) in [6.45, 7) is 2.07. The van der Waals surface area contributed by atoms with Gasteiger partial charge in [-0.25, -0.2) is 19.1 Å². The fraction of sp³-hybridized carbons (Fsp3) is 0.333. The summed E-state index contributed by atoms with van der Waals surface area (Å²) in [6, 6.07) is 3.52. The minimum absolute atomic E-state index is 0.184. The normalized spacial score (nSPS) is 16.9. The van der Waals surface area contributed by atoms with Gasteiger partial charge in [-0.15, -0.1) is 0 Å². The number of aromatic amines is 1. The maximum absolute atomic E-state index is 13.2. The average molecular weight is 374 g/mol. The smallest absolute Gasteiger partial charge is 0.332 e. The molecule has 1 aromatic heterocycles. The zero-order chi connectivity index (χ0) is 19.4. The van der Waals surface area contributed by atoms with Gasteiger partial charge in [0.1, 0.15) is 11.9 Å². The standard InChI is InChI=1S/C18H19FN4O4/c1-2-27-16(24)9-15-17(25)23(14-5-3-12(19)4-6-14)18(26)22(15)8-7-13-10-20-11-21-13/h3-6,10-11,15H,2,7-9H2,1H3,(H,20,21). The predicted octanol–water partition coefficient (Wildman–Crippen LogP) is 1.88. The average Bonchev–Trinajstić information content (AvgIpc) is 3.23. The van der Waals surface area contributed by atoms with Crippen LogP contribution in [0.5, 0.6) is 0 Å². The largest absolute Gasteiger partial charge is 0.466 e. The van der Waals surface area contributed by atoms with Crippen LogP contribution in [0, 0.1) is 5.82 Å². The van der Waals surface area contributed by atoms with Crippen molar-refractivity contribution in [1.29, 1.82) is 0 Å². The van der Waals surface area contributed by atoms with Crippen LogP contribution in [0.2, 0.25) is 0 Å². The molecule has 1 aliphatic heterocycles. The van der Waals surface area contributed by atoms with Gasteiger partial charge >= 0.3 is 12.0 Å². The van der Waals surface area contributed by atoms with Crippen LogP contribution >= 0.6 is 0 Å². The Kier molecular flexibility index (Phi) is 5.49. The summed E-state index contributed by atoms with van der Waals surface area (Å²) in [5, 5.41) is 0. The van der Waals surface area contributed by atoms with E-state index < -0.39 is 29.8 Å². The van der Waals surface area contributed by atoms with Crippen LogP contribution in [0.25, 0.3) is 0 Å². The fourth-order valence-electron chi connectivity index (χ4n) is 2.96. The second kappa shape index (κ2) is 7.98. The van der Waals surface area contributed by atoms with E-state index in [9.17, 15) is 18.8 Å². The lowest BCUT2D eigenvalue weighted by atomic mass is 10.1. The number of ether oxygens (including phenoxy) is 1. The number of aromatic nitrogens is 2. The van der Waals surface area contributed by atoms with Gasteiger partial charge in [0, 0.05) is 24.9 Å². The Hall–Kier alpha value is -3.23. The monoisotopic (exact) mass is 374 g/mol. The van der Waals surface area contributed by atoms with E-state index in [1.807, 2.05) is 0 Å². The van der Waals surface area contributed by atoms with Crippen molar-refractivity contribution in [2.75, 3.05) is 18.1 Å². The third-order valence-corrected chi connectivity index (χ3v) is 4.25. The number of esters is 1. The molecule has 27 heavy (non-hydrogen) atoms. The summed E-state index contributed by atoms with van der Waals surface area (Å²) >= 11 is 0. The molecule has 1 atom stereocenters. The zero-order valence-corrected chi connectivity index (χ0v) is 14.7. The van der Waals surface area contributed by atoms with Crippen LogP contribution in [0.3, 0.4) is 0 Å². The third kappa shape index (κ3) is 3.97. The molecule has 0 radical (unpaired) electrons. The molecule has 1 aliphatic rings. The molecule has 2 heterocycles. The summed E-state index contributed by atoms with van der Waals surface area (Å²) in [6.07, 6.45) is 3.35.